The fraction of sp³-hybridized carbons (Fsp3) is 0.955. The van der Waals surface area contributed by atoms with Gasteiger partial charge in [0.2, 0.25) is 0 Å². The summed E-state index contributed by atoms with van der Waals surface area (Å²) in [6, 6.07) is 0. The van der Waals surface area contributed by atoms with E-state index >= 15 is 0 Å². The molecule has 0 heterocycles. The molecule has 15 aliphatic rings. The van der Waals surface area contributed by atoms with Crippen molar-refractivity contribution in [3.05, 3.63) is 0 Å². The number of ether oxygens (including phenoxy) is 14. The third-order valence-corrected chi connectivity index (χ3v) is 27.5. The number of rotatable bonds is 31. The third kappa shape index (κ3) is 23.1. The van der Waals surface area contributed by atoms with Crippen molar-refractivity contribution in [3.8, 4) is 0 Å². The maximum absolute atomic E-state index is 12.8. The van der Waals surface area contributed by atoms with Crippen LogP contribution >= 0.6 is 0 Å². The molecule has 0 aromatic heterocycles. The van der Waals surface area contributed by atoms with Crippen molar-refractivity contribution in [3.63, 3.8) is 0 Å². The molecule has 0 saturated heterocycles. The van der Waals surface area contributed by atoms with Gasteiger partial charge in [0.1, 0.15) is 22.9 Å². The number of esters is 4. The first-order valence-electron chi connectivity index (χ1n) is 43.1. The molecule has 15 rings (SSSR count). The number of carbonyl (C=O) groups is 4. The molecule has 18 nitrogen and oxygen atoms in total. The number of hydrogen-bond donors (Lipinski definition) is 0. The SMILES string of the molecule is CCC(C)(C)C(=O)OC12CC3CC(C1)CC(OC(C)OC(C)C)(C3)C2.CCC(C)(C)C(=O)OC12CC3CC(C1)CC(OC(C)OC)(C3)C2.CCC(C)(C)C(=O)OC1CC(OC(C)OC2CCCCC2)CC(OC(C)OC2CCCCC2)C1.CCOC(C)OC12CC3CC(CC(OC(=O)C(C)(C)CC)(C3)C1)C2. The number of carbonyl (C=O) groups excluding carboxylic acids is 4. The summed E-state index contributed by atoms with van der Waals surface area (Å²) >= 11 is 0. The van der Waals surface area contributed by atoms with Gasteiger partial charge >= 0.3 is 23.9 Å². The monoisotopic (exact) mass is 1500 g/mol. The molecule has 12 bridgehead atoms. The number of hydrogen-bond acceptors (Lipinski definition) is 18. The minimum absolute atomic E-state index is 0.0417. The molecule has 0 radical (unpaired) electrons. The van der Waals surface area contributed by atoms with Gasteiger partial charge in [0.05, 0.1) is 69.0 Å². The van der Waals surface area contributed by atoms with Crippen LogP contribution < -0.4 is 0 Å². The fourth-order valence-electron chi connectivity index (χ4n) is 21.8. The highest BCUT2D eigenvalue weighted by Crippen LogP contribution is 2.64. The first-order valence-corrected chi connectivity index (χ1v) is 43.1. The van der Waals surface area contributed by atoms with Crippen molar-refractivity contribution < 1.29 is 85.5 Å². The van der Waals surface area contributed by atoms with E-state index < -0.39 is 21.7 Å². The number of methoxy groups -OCH3 is 1. The van der Waals surface area contributed by atoms with Gasteiger partial charge in [-0.05, 0) is 294 Å². The molecule has 15 aliphatic carbocycles. The van der Waals surface area contributed by atoms with Crippen LogP contribution in [0.5, 0.6) is 0 Å². The highest BCUT2D eigenvalue weighted by molar-refractivity contribution is 5.78. The Labute approximate surface area is 642 Å². The van der Waals surface area contributed by atoms with Crippen LogP contribution in [0, 0.1) is 57.2 Å². The molecule has 0 N–H and O–H groups in total. The van der Waals surface area contributed by atoms with E-state index in [0.29, 0.717) is 67.2 Å². The second-order valence-corrected chi connectivity index (χ2v) is 39.2. The molecular formula is C88H152O18. The molecule has 18 heteroatoms. The van der Waals surface area contributed by atoms with Crippen molar-refractivity contribution in [2.24, 2.45) is 57.2 Å². The van der Waals surface area contributed by atoms with Gasteiger partial charge in [-0.1, -0.05) is 66.2 Å². The molecule has 612 valence electrons. The largest absolute Gasteiger partial charge is 0.462 e. The average Bonchev–Trinajstić information content (AvgIpc) is 0.734. The van der Waals surface area contributed by atoms with Crippen molar-refractivity contribution in [1.82, 2.24) is 0 Å². The van der Waals surface area contributed by atoms with Gasteiger partial charge in [0, 0.05) is 52.2 Å². The van der Waals surface area contributed by atoms with Crippen molar-refractivity contribution >= 4 is 23.9 Å². The van der Waals surface area contributed by atoms with Gasteiger partial charge < -0.3 is 66.3 Å². The normalized spacial score (nSPS) is 36.0. The molecule has 0 spiro atoms. The molecule has 0 aliphatic heterocycles. The molecule has 15 fully saturated rings. The highest BCUT2D eigenvalue weighted by atomic mass is 16.7. The molecule has 15 saturated carbocycles. The zero-order valence-electron chi connectivity index (χ0n) is 70.6. The Hall–Kier alpha value is -2.52. The molecule has 0 amide bonds. The molecule has 0 aromatic rings. The Morgan fingerprint density at radius 2 is 0.623 bits per heavy atom. The topological polar surface area (TPSA) is 197 Å². The summed E-state index contributed by atoms with van der Waals surface area (Å²) in [4.78, 5) is 51.0. The lowest BCUT2D eigenvalue weighted by Crippen LogP contribution is -2.62. The average molecular weight is 1500 g/mol. The zero-order valence-corrected chi connectivity index (χ0v) is 70.6. The van der Waals surface area contributed by atoms with E-state index in [1.807, 2.05) is 125 Å². The summed E-state index contributed by atoms with van der Waals surface area (Å²) in [6.07, 6.45) is 35.5. The van der Waals surface area contributed by atoms with Crippen molar-refractivity contribution in [1.29, 1.82) is 0 Å². The van der Waals surface area contributed by atoms with Crippen LogP contribution in [-0.2, 0) is 85.5 Å². The van der Waals surface area contributed by atoms with Crippen LogP contribution in [0.1, 0.15) is 363 Å². The minimum Gasteiger partial charge on any atom is -0.462 e. The lowest BCUT2D eigenvalue weighted by Gasteiger charge is -2.61. The summed E-state index contributed by atoms with van der Waals surface area (Å²) in [6.45, 7) is 40.6. The van der Waals surface area contributed by atoms with Gasteiger partial charge in [0.15, 0.2) is 31.5 Å². The van der Waals surface area contributed by atoms with Gasteiger partial charge in [-0.2, -0.15) is 0 Å². The van der Waals surface area contributed by atoms with E-state index in [1.54, 1.807) is 7.11 Å². The highest BCUT2D eigenvalue weighted by Gasteiger charge is 2.64. The first-order chi connectivity index (χ1) is 49.7. The lowest BCUT2D eigenvalue weighted by atomic mass is 9.52. The van der Waals surface area contributed by atoms with Crippen LogP contribution in [0.2, 0.25) is 0 Å². The van der Waals surface area contributed by atoms with E-state index in [9.17, 15) is 19.2 Å². The maximum Gasteiger partial charge on any atom is 0.312 e. The van der Waals surface area contributed by atoms with Gasteiger partial charge in [-0.3, -0.25) is 19.2 Å². The predicted octanol–water partition coefficient (Wildman–Crippen LogP) is 20.0. The van der Waals surface area contributed by atoms with E-state index in [0.717, 1.165) is 154 Å². The smallest absolute Gasteiger partial charge is 0.312 e. The minimum atomic E-state index is -0.487. The van der Waals surface area contributed by atoms with E-state index in [2.05, 4.69) is 13.8 Å². The molecule has 106 heavy (non-hydrogen) atoms. The zero-order chi connectivity index (χ0) is 77.5. The standard InChI is InChI=1S/C28H50O6.C21H36O4.C20H34O4.C19H32O4/c1-6-28(4,5)27(29)34-26-18-24(32-20(2)30-22-13-9-7-10-14-22)17-25(19-26)33-21(3)31-23-15-11-8-12-16-23;1-7-19(5,6)18(22)25-21-11-16-8-17(12-21)10-20(9-16,13-21)24-15(4)23-14(2)3;1-6-18(4,5)17(21)24-20-11-15-8-16(12-20)10-19(9-15,13-20)23-14(3)22-7-2;1-6-17(3,4)16(20)23-19-10-14-7-15(11-19)9-18(8-14,12-19)22-13(2)21-5/h20-26H,6-19H2,1-5H3;14-17H,7-13H2,1-6H3;14-16H,6-13H2,1-5H3;13-15H,6-12H2,1-5H3. The summed E-state index contributed by atoms with van der Waals surface area (Å²) in [5, 5.41) is 0. The Balaban J connectivity index is 0.000000165. The molecule has 13 unspecified atom stereocenters. The molecule has 0 aromatic carbocycles. The van der Waals surface area contributed by atoms with Crippen LogP contribution in [0.4, 0.5) is 0 Å². The van der Waals surface area contributed by atoms with E-state index in [4.69, 9.17) is 66.3 Å². The fourth-order valence-corrected chi connectivity index (χ4v) is 21.8. The Morgan fingerprint density at radius 1 is 0.340 bits per heavy atom. The summed E-state index contributed by atoms with van der Waals surface area (Å²) in [7, 11) is 1.69. The molecule has 13 atom stereocenters. The Kier molecular flexibility index (Phi) is 30.0. The second kappa shape index (κ2) is 36.3. The van der Waals surface area contributed by atoms with Gasteiger partial charge in [0.25, 0.3) is 0 Å². The predicted molar refractivity (Wildman–Crippen MR) is 410 cm³/mol. The van der Waals surface area contributed by atoms with Crippen molar-refractivity contribution in [2.45, 2.75) is 465 Å². The van der Waals surface area contributed by atoms with Crippen molar-refractivity contribution in [2.75, 3.05) is 13.7 Å². The summed E-state index contributed by atoms with van der Waals surface area (Å²) in [5.41, 5.74) is -3.12. The maximum atomic E-state index is 12.8. The third-order valence-electron chi connectivity index (χ3n) is 27.5. The van der Waals surface area contributed by atoms with Crippen LogP contribution in [0.3, 0.4) is 0 Å². The van der Waals surface area contributed by atoms with Crippen LogP contribution in [0.25, 0.3) is 0 Å². The molecular weight excluding hydrogens is 1340 g/mol. The van der Waals surface area contributed by atoms with E-state index in [1.165, 1.54) is 57.8 Å². The van der Waals surface area contributed by atoms with Gasteiger partial charge in [-0.25, -0.2) is 0 Å². The summed E-state index contributed by atoms with van der Waals surface area (Å²) < 4.78 is 85.7. The Morgan fingerprint density at radius 3 is 0.925 bits per heavy atom. The quantitative estimate of drug-likeness (QED) is 0.0360. The second-order valence-electron chi connectivity index (χ2n) is 39.2. The first kappa shape index (κ1) is 87.4. The summed E-state index contributed by atoms with van der Waals surface area (Å²) in [5.74, 6) is 3.45. The van der Waals surface area contributed by atoms with Crippen LogP contribution in [0.15, 0.2) is 0 Å². The lowest BCUT2D eigenvalue weighted by molar-refractivity contribution is -0.286. The Bertz CT molecular complexity index is 2720. The van der Waals surface area contributed by atoms with Crippen LogP contribution in [-0.4, -0.2) is 139 Å². The van der Waals surface area contributed by atoms with Gasteiger partial charge in [-0.15, -0.1) is 0 Å². The van der Waals surface area contributed by atoms with E-state index in [-0.39, 0.29) is 113 Å².